The van der Waals surface area contributed by atoms with Crippen LogP contribution in [0, 0.1) is 11.8 Å². The van der Waals surface area contributed by atoms with Crippen molar-refractivity contribution in [2.24, 2.45) is 11.8 Å². The van der Waals surface area contributed by atoms with Gasteiger partial charge in [-0.25, -0.2) is 4.79 Å². The van der Waals surface area contributed by atoms with Gasteiger partial charge in [0.05, 0.1) is 30.2 Å². The van der Waals surface area contributed by atoms with Crippen LogP contribution in [0.3, 0.4) is 0 Å². The van der Waals surface area contributed by atoms with Gasteiger partial charge in [-0.2, -0.15) is 0 Å². The van der Waals surface area contributed by atoms with Gasteiger partial charge in [-0.05, 0) is 35.7 Å². The van der Waals surface area contributed by atoms with Crippen molar-refractivity contribution in [3.8, 4) is 5.75 Å². The molecule has 0 spiro atoms. The van der Waals surface area contributed by atoms with Crippen LogP contribution in [0.1, 0.15) is 90.3 Å². The third-order valence-electron chi connectivity index (χ3n) is 9.54. The standard InChI is InChI=1S/C13H8O2.C11H6O2.C9H6O2.C8H10O3/c14-11-7-12(15)10-6-2-4-8-3-1-5-9(11)13(8)10;12-11-8-5-1-3-7-4-2-6-9(13-11)10(7)8;10-8-5-9(11)7-4-2-1-3-6(7)8;9-7-5-3-1-2-4-6(5)8(10)11-7/h1-6H,7H2;1-6H;1-4H,5H2;5-6H,1-4H2. The van der Waals surface area contributed by atoms with Gasteiger partial charge in [0, 0.05) is 33.0 Å². The molecule has 5 aromatic rings. The highest BCUT2D eigenvalue weighted by Crippen LogP contribution is 2.37. The van der Waals surface area contributed by atoms with Crippen molar-refractivity contribution in [2.45, 2.75) is 38.5 Å². The van der Waals surface area contributed by atoms with Crippen LogP contribution in [-0.2, 0) is 14.3 Å². The molecule has 2 unspecified atom stereocenters. The molecule has 3 aliphatic carbocycles. The summed E-state index contributed by atoms with van der Waals surface area (Å²) >= 11 is 0. The quantitative estimate of drug-likeness (QED) is 0.0946. The summed E-state index contributed by atoms with van der Waals surface area (Å²) in [5.41, 5.74) is 3.20. The Morgan fingerprint density at radius 3 is 1.36 bits per heavy atom. The molecule has 2 heterocycles. The molecule has 1 saturated heterocycles. The predicted molar refractivity (Wildman–Crippen MR) is 182 cm³/mol. The number of ether oxygens (including phenoxy) is 2. The summed E-state index contributed by atoms with van der Waals surface area (Å²) in [4.78, 5) is 78.7. The van der Waals surface area contributed by atoms with Crippen molar-refractivity contribution < 1.29 is 43.0 Å². The fourth-order valence-corrected chi connectivity index (χ4v) is 7.11. The molecule has 0 amide bonds. The summed E-state index contributed by atoms with van der Waals surface area (Å²) in [7, 11) is 0. The topological polar surface area (TPSA) is 138 Å². The number of benzene rings is 5. The summed E-state index contributed by atoms with van der Waals surface area (Å²) < 4.78 is 9.61. The van der Waals surface area contributed by atoms with Gasteiger partial charge in [0.1, 0.15) is 5.75 Å². The Morgan fingerprint density at radius 1 is 0.420 bits per heavy atom. The van der Waals surface area contributed by atoms with E-state index in [-0.39, 0.29) is 65.7 Å². The van der Waals surface area contributed by atoms with Crippen molar-refractivity contribution >= 4 is 62.6 Å². The highest BCUT2D eigenvalue weighted by molar-refractivity contribution is 6.27. The molecule has 2 fully saturated rings. The lowest BCUT2D eigenvalue weighted by Crippen LogP contribution is -2.21. The number of Topliss-reactive ketones (excluding diaryl/α,β-unsaturated/α-hetero) is 4. The van der Waals surface area contributed by atoms with E-state index in [9.17, 15) is 33.6 Å². The molecule has 0 aromatic heterocycles. The maximum absolute atomic E-state index is 11.7. The van der Waals surface area contributed by atoms with Gasteiger partial charge < -0.3 is 9.47 Å². The number of hydrogen-bond acceptors (Lipinski definition) is 9. The first kappa shape index (κ1) is 32.5. The summed E-state index contributed by atoms with van der Waals surface area (Å²) in [5.74, 6) is -0.582. The van der Waals surface area contributed by atoms with E-state index < -0.39 is 0 Å². The Bertz CT molecular complexity index is 2170. The predicted octanol–water partition coefficient (Wildman–Crippen LogP) is 7.31. The summed E-state index contributed by atoms with van der Waals surface area (Å²) in [6.07, 6.45) is 3.87. The van der Waals surface area contributed by atoms with Crippen LogP contribution in [0.5, 0.6) is 5.75 Å². The minimum absolute atomic E-state index is 0.0100. The first-order valence-electron chi connectivity index (χ1n) is 16.4. The Hall–Kier alpha value is -6.09. The molecule has 0 radical (unpaired) electrons. The van der Waals surface area contributed by atoms with Crippen LogP contribution >= 0.6 is 0 Å². The molecule has 5 aliphatic rings. The zero-order valence-corrected chi connectivity index (χ0v) is 26.8. The van der Waals surface area contributed by atoms with Gasteiger partial charge in [0.15, 0.2) is 23.1 Å². The second-order valence-corrected chi connectivity index (χ2v) is 12.6. The van der Waals surface area contributed by atoms with Gasteiger partial charge in [-0.3, -0.25) is 28.8 Å². The van der Waals surface area contributed by atoms with E-state index in [0.29, 0.717) is 33.6 Å². The monoisotopic (exact) mass is 666 g/mol. The third-order valence-corrected chi connectivity index (χ3v) is 9.54. The molecule has 0 N–H and O–H groups in total. The maximum Gasteiger partial charge on any atom is 0.344 e. The SMILES string of the molecule is O=C1CC(=O)c2cccc3cccc1c23.O=C1CC(=O)c2ccccc21.O=C1OC(=O)C2CCCCC12.O=C1Oc2cccc3cccc1c23. The second-order valence-electron chi connectivity index (χ2n) is 12.6. The van der Waals surface area contributed by atoms with Crippen molar-refractivity contribution in [3.63, 3.8) is 0 Å². The number of fused-ring (bicyclic) bond motifs is 2. The van der Waals surface area contributed by atoms with Crippen LogP contribution in [-0.4, -0.2) is 41.0 Å². The van der Waals surface area contributed by atoms with Crippen LogP contribution in [0.15, 0.2) is 97.1 Å². The van der Waals surface area contributed by atoms with E-state index >= 15 is 0 Å². The van der Waals surface area contributed by atoms with Gasteiger partial charge in [0.2, 0.25) is 0 Å². The Kier molecular flexibility index (Phi) is 8.72. The number of hydrogen-bond donors (Lipinski definition) is 0. The second kappa shape index (κ2) is 13.4. The Labute approximate surface area is 286 Å². The fraction of sp³-hybridized carbons (Fsp3) is 0.195. The van der Waals surface area contributed by atoms with Crippen LogP contribution < -0.4 is 4.74 Å². The van der Waals surface area contributed by atoms with Crippen molar-refractivity contribution in [1.82, 2.24) is 0 Å². The molecule has 9 heteroatoms. The van der Waals surface area contributed by atoms with E-state index in [2.05, 4.69) is 4.74 Å². The minimum atomic E-state index is -0.292. The van der Waals surface area contributed by atoms with Gasteiger partial charge >= 0.3 is 17.9 Å². The van der Waals surface area contributed by atoms with Crippen molar-refractivity contribution in [3.05, 3.63) is 125 Å². The first-order chi connectivity index (χ1) is 24.2. The Morgan fingerprint density at radius 2 is 0.840 bits per heavy atom. The summed E-state index contributed by atoms with van der Waals surface area (Å²) in [6.45, 7) is 0. The zero-order valence-electron chi connectivity index (χ0n) is 26.8. The van der Waals surface area contributed by atoms with Crippen molar-refractivity contribution in [2.75, 3.05) is 0 Å². The highest BCUT2D eigenvalue weighted by Gasteiger charge is 2.45. The first-order valence-corrected chi connectivity index (χ1v) is 16.4. The molecule has 5 aromatic carbocycles. The van der Waals surface area contributed by atoms with E-state index in [4.69, 9.17) is 4.74 Å². The van der Waals surface area contributed by atoms with Crippen LogP contribution in [0.4, 0.5) is 0 Å². The van der Waals surface area contributed by atoms with E-state index in [0.717, 1.165) is 47.2 Å². The lowest BCUT2D eigenvalue weighted by atomic mass is 9.81. The number of carbonyl (C=O) groups excluding carboxylic acids is 7. The average molecular weight is 667 g/mol. The molecular formula is C41H30O9. The molecule has 10 rings (SSSR count). The summed E-state index contributed by atoms with van der Waals surface area (Å²) in [6, 6.07) is 29.4. The lowest BCUT2D eigenvalue weighted by molar-refractivity contribution is -0.153. The highest BCUT2D eigenvalue weighted by atomic mass is 16.6. The molecule has 0 bridgehead atoms. The molecule has 1 saturated carbocycles. The largest absolute Gasteiger partial charge is 0.422 e. The average Bonchev–Trinajstić information content (AvgIpc) is 3.74. The molecular weight excluding hydrogens is 636 g/mol. The minimum Gasteiger partial charge on any atom is -0.422 e. The number of cyclic esters (lactones) is 2. The summed E-state index contributed by atoms with van der Waals surface area (Å²) in [5, 5.41) is 3.78. The van der Waals surface area contributed by atoms with E-state index in [1.54, 1.807) is 42.5 Å². The fourth-order valence-electron chi connectivity index (χ4n) is 7.11. The number of esters is 3. The Balaban J connectivity index is 0.000000105. The lowest BCUT2D eigenvalue weighted by Gasteiger charge is -2.18. The van der Waals surface area contributed by atoms with Crippen LogP contribution in [0.2, 0.25) is 0 Å². The zero-order chi connectivity index (χ0) is 34.9. The normalized spacial score (nSPS) is 19.3. The van der Waals surface area contributed by atoms with Gasteiger partial charge in [-0.15, -0.1) is 0 Å². The molecule has 248 valence electrons. The van der Waals surface area contributed by atoms with Gasteiger partial charge in [-0.1, -0.05) is 97.8 Å². The molecule has 2 atom stereocenters. The van der Waals surface area contributed by atoms with Gasteiger partial charge in [0.25, 0.3) is 0 Å². The number of carbonyl (C=O) groups is 7. The van der Waals surface area contributed by atoms with Crippen LogP contribution in [0.25, 0.3) is 21.5 Å². The maximum atomic E-state index is 11.7. The molecule has 50 heavy (non-hydrogen) atoms. The number of rotatable bonds is 0. The molecule has 2 aliphatic heterocycles. The van der Waals surface area contributed by atoms with Crippen molar-refractivity contribution in [1.29, 1.82) is 0 Å². The third kappa shape index (κ3) is 6.02. The van der Waals surface area contributed by atoms with E-state index in [1.165, 1.54) is 0 Å². The van der Waals surface area contributed by atoms with E-state index in [1.807, 2.05) is 54.6 Å². The smallest absolute Gasteiger partial charge is 0.344 e. The number of ketones is 4. The molecule has 9 nitrogen and oxygen atoms in total.